The van der Waals surface area contributed by atoms with Gasteiger partial charge in [0.05, 0.1) is 0 Å². The monoisotopic (exact) mass is 201 g/mol. The van der Waals surface area contributed by atoms with Crippen molar-refractivity contribution in [2.24, 2.45) is 0 Å². The van der Waals surface area contributed by atoms with Crippen LogP contribution in [-0.2, 0) is 4.79 Å². The number of carbonyl (C=O) groups is 1. The summed E-state index contributed by atoms with van der Waals surface area (Å²) in [6, 6.07) is 1.97. The first kappa shape index (κ1) is 10.7. The number of carbonyl (C=O) groups excluding carboxylic acids is 1. The van der Waals surface area contributed by atoms with E-state index in [-0.39, 0.29) is 5.56 Å². The molecule has 0 heterocycles. The van der Waals surface area contributed by atoms with E-state index < -0.39 is 23.5 Å². The van der Waals surface area contributed by atoms with E-state index in [1.165, 1.54) is 13.0 Å². The second kappa shape index (κ2) is 4.26. The minimum atomic E-state index is -1.05. The molecule has 76 valence electrons. The van der Waals surface area contributed by atoms with E-state index in [0.717, 1.165) is 12.1 Å². The lowest BCUT2D eigenvalue weighted by Gasteiger charge is -2.11. The van der Waals surface area contributed by atoms with Crippen molar-refractivity contribution in [3.05, 3.63) is 35.4 Å². The predicted molar refractivity (Wildman–Crippen MR) is 44.7 cm³/mol. The maximum atomic E-state index is 12.7. The standard InChI is InChI=1S/C9H9F2NO2/c1-5(13)9(12-14)6-2-3-7(10)8(11)4-6/h2-4,9,12,14H,1H3. The molecule has 1 aromatic rings. The molecular formula is C9H9F2NO2. The molecule has 0 radical (unpaired) electrons. The van der Waals surface area contributed by atoms with Crippen molar-refractivity contribution in [3.63, 3.8) is 0 Å². The van der Waals surface area contributed by atoms with Gasteiger partial charge in [-0.1, -0.05) is 6.07 Å². The Bertz CT molecular complexity index is 355. The Labute approximate surface area is 79.3 Å². The summed E-state index contributed by atoms with van der Waals surface area (Å²) >= 11 is 0. The molecule has 5 heteroatoms. The number of Topliss-reactive ketones (excluding diaryl/α,β-unsaturated/α-hetero) is 1. The maximum Gasteiger partial charge on any atom is 0.159 e. The molecule has 0 aliphatic carbocycles. The Kier molecular flexibility index (Phi) is 3.27. The molecule has 3 nitrogen and oxygen atoms in total. The Morgan fingerprint density at radius 1 is 1.43 bits per heavy atom. The molecule has 1 aromatic carbocycles. The molecule has 0 aliphatic rings. The summed E-state index contributed by atoms with van der Waals surface area (Å²) in [4.78, 5) is 10.9. The molecule has 1 atom stereocenters. The molecule has 1 rings (SSSR count). The van der Waals surface area contributed by atoms with Crippen molar-refractivity contribution < 1.29 is 18.8 Å². The van der Waals surface area contributed by atoms with Gasteiger partial charge in [0.1, 0.15) is 6.04 Å². The van der Waals surface area contributed by atoms with E-state index in [9.17, 15) is 13.6 Å². The molecule has 0 bridgehead atoms. The minimum Gasteiger partial charge on any atom is -0.316 e. The van der Waals surface area contributed by atoms with Gasteiger partial charge in [-0.25, -0.2) is 8.78 Å². The average molecular weight is 201 g/mol. The molecule has 0 saturated heterocycles. The Morgan fingerprint density at radius 2 is 2.07 bits per heavy atom. The summed E-state index contributed by atoms with van der Waals surface area (Å²) in [5, 5.41) is 8.62. The number of hydrogen-bond acceptors (Lipinski definition) is 3. The van der Waals surface area contributed by atoms with Crippen LogP contribution in [0, 0.1) is 11.6 Å². The first-order chi connectivity index (χ1) is 6.56. The van der Waals surface area contributed by atoms with Crippen LogP contribution in [0.25, 0.3) is 0 Å². The SMILES string of the molecule is CC(=O)C(NO)c1ccc(F)c(F)c1. The molecular weight excluding hydrogens is 192 g/mol. The quantitative estimate of drug-likeness (QED) is 0.730. The number of halogens is 2. The third-order valence-corrected chi connectivity index (χ3v) is 1.81. The maximum absolute atomic E-state index is 12.7. The van der Waals surface area contributed by atoms with Crippen LogP contribution in [0.5, 0.6) is 0 Å². The Morgan fingerprint density at radius 3 is 2.50 bits per heavy atom. The van der Waals surface area contributed by atoms with Crippen molar-refractivity contribution in [3.8, 4) is 0 Å². The third-order valence-electron chi connectivity index (χ3n) is 1.81. The van der Waals surface area contributed by atoms with Crippen LogP contribution in [-0.4, -0.2) is 11.0 Å². The highest BCUT2D eigenvalue weighted by atomic mass is 19.2. The van der Waals surface area contributed by atoms with Gasteiger partial charge in [-0.05, 0) is 24.6 Å². The normalized spacial score (nSPS) is 12.6. The molecule has 0 saturated carbocycles. The highest BCUT2D eigenvalue weighted by Gasteiger charge is 2.16. The van der Waals surface area contributed by atoms with E-state index in [2.05, 4.69) is 0 Å². The summed E-state index contributed by atoms with van der Waals surface area (Å²) in [6.07, 6.45) is 0. The zero-order valence-corrected chi connectivity index (χ0v) is 7.42. The van der Waals surface area contributed by atoms with E-state index in [0.29, 0.717) is 0 Å². The summed E-state index contributed by atoms with van der Waals surface area (Å²) in [5.74, 6) is -2.43. The molecule has 1 unspecified atom stereocenters. The van der Waals surface area contributed by atoms with Crippen molar-refractivity contribution in [2.45, 2.75) is 13.0 Å². The van der Waals surface area contributed by atoms with Crippen molar-refractivity contribution in [1.82, 2.24) is 5.48 Å². The topological polar surface area (TPSA) is 49.3 Å². The van der Waals surface area contributed by atoms with Gasteiger partial charge in [0, 0.05) is 0 Å². The Balaban J connectivity index is 3.06. The molecule has 0 fully saturated rings. The lowest BCUT2D eigenvalue weighted by atomic mass is 10.0. The zero-order chi connectivity index (χ0) is 10.7. The van der Waals surface area contributed by atoms with Gasteiger partial charge >= 0.3 is 0 Å². The van der Waals surface area contributed by atoms with Crippen LogP contribution < -0.4 is 5.48 Å². The zero-order valence-electron chi connectivity index (χ0n) is 7.42. The van der Waals surface area contributed by atoms with Gasteiger partial charge in [-0.15, -0.1) is 0 Å². The third kappa shape index (κ3) is 2.12. The largest absolute Gasteiger partial charge is 0.316 e. The van der Waals surface area contributed by atoms with Gasteiger partial charge < -0.3 is 5.21 Å². The number of ketones is 1. The number of benzene rings is 1. The summed E-state index contributed by atoms with van der Waals surface area (Å²) in [7, 11) is 0. The van der Waals surface area contributed by atoms with Crippen LogP contribution in [0.1, 0.15) is 18.5 Å². The van der Waals surface area contributed by atoms with E-state index in [4.69, 9.17) is 5.21 Å². The van der Waals surface area contributed by atoms with Gasteiger partial charge in [0.2, 0.25) is 0 Å². The van der Waals surface area contributed by atoms with Crippen LogP contribution >= 0.6 is 0 Å². The second-order valence-corrected chi connectivity index (χ2v) is 2.85. The fraction of sp³-hybridized carbons (Fsp3) is 0.222. The highest BCUT2D eigenvalue weighted by molar-refractivity contribution is 5.82. The van der Waals surface area contributed by atoms with E-state index in [1.807, 2.05) is 0 Å². The van der Waals surface area contributed by atoms with Crippen molar-refractivity contribution in [2.75, 3.05) is 0 Å². The average Bonchev–Trinajstić information content (AvgIpc) is 2.11. The molecule has 14 heavy (non-hydrogen) atoms. The fourth-order valence-corrected chi connectivity index (χ4v) is 1.09. The van der Waals surface area contributed by atoms with Crippen molar-refractivity contribution >= 4 is 5.78 Å². The first-order valence-electron chi connectivity index (χ1n) is 3.91. The van der Waals surface area contributed by atoms with Gasteiger partial charge in [0.15, 0.2) is 17.4 Å². The Hall–Kier alpha value is -1.33. The fourth-order valence-electron chi connectivity index (χ4n) is 1.09. The highest BCUT2D eigenvalue weighted by Crippen LogP contribution is 2.16. The van der Waals surface area contributed by atoms with Crippen molar-refractivity contribution in [1.29, 1.82) is 0 Å². The van der Waals surface area contributed by atoms with Gasteiger partial charge in [-0.2, -0.15) is 5.48 Å². The summed E-state index contributed by atoms with van der Waals surface area (Å²) in [6.45, 7) is 1.23. The van der Waals surface area contributed by atoms with Gasteiger partial charge in [-0.3, -0.25) is 4.79 Å². The number of nitrogens with one attached hydrogen (secondary N) is 1. The number of hydrogen-bond donors (Lipinski definition) is 2. The van der Waals surface area contributed by atoms with Crippen LogP contribution in [0.3, 0.4) is 0 Å². The van der Waals surface area contributed by atoms with Crippen LogP contribution in [0.15, 0.2) is 18.2 Å². The lowest BCUT2D eigenvalue weighted by Crippen LogP contribution is -2.24. The van der Waals surface area contributed by atoms with Gasteiger partial charge in [0.25, 0.3) is 0 Å². The number of hydroxylamine groups is 1. The van der Waals surface area contributed by atoms with E-state index in [1.54, 1.807) is 5.48 Å². The molecule has 0 spiro atoms. The second-order valence-electron chi connectivity index (χ2n) is 2.85. The molecule has 0 aliphatic heterocycles. The lowest BCUT2D eigenvalue weighted by molar-refractivity contribution is -0.121. The molecule has 0 aromatic heterocycles. The van der Waals surface area contributed by atoms with Crippen LogP contribution in [0.4, 0.5) is 8.78 Å². The van der Waals surface area contributed by atoms with E-state index >= 15 is 0 Å². The predicted octanol–water partition coefficient (Wildman–Crippen LogP) is 1.57. The number of rotatable bonds is 3. The molecule has 0 amide bonds. The minimum absolute atomic E-state index is 0.180. The smallest absolute Gasteiger partial charge is 0.159 e. The summed E-state index contributed by atoms with van der Waals surface area (Å²) < 4.78 is 25.3. The first-order valence-corrected chi connectivity index (χ1v) is 3.91. The van der Waals surface area contributed by atoms with Crippen LogP contribution in [0.2, 0.25) is 0 Å². The summed E-state index contributed by atoms with van der Waals surface area (Å²) in [5.41, 5.74) is 1.91. The molecule has 2 N–H and O–H groups in total.